The zero-order valence-electron chi connectivity index (χ0n) is 9.01. The second kappa shape index (κ2) is 3.56. The molecule has 0 spiro atoms. The van der Waals surface area contributed by atoms with Crippen LogP contribution in [0.1, 0.15) is 33.6 Å². The van der Waals surface area contributed by atoms with Gasteiger partial charge < -0.3 is 10.8 Å². The minimum atomic E-state index is -0.457. The predicted octanol–water partition coefficient (Wildman–Crippen LogP) is 0.570. The smallest absolute Gasteiger partial charge is 0.0644 e. The van der Waals surface area contributed by atoms with E-state index in [-0.39, 0.29) is 5.54 Å². The highest BCUT2D eigenvalue weighted by Crippen LogP contribution is 2.25. The lowest BCUT2D eigenvalue weighted by atomic mass is 9.90. The minimum absolute atomic E-state index is 0.0799. The number of piperidine rings is 1. The van der Waals surface area contributed by atoms with Crippen molar-refractivity contribution in [1.29, 1.82) is 0 Å². The van der Waals surface area contributed by atoms with Crippen LogP contribution < -0.4 is 5.73 Å². The Bertz CT molecular complexity index is 168. The highest BCUT2D eigenvalue weighted by Gasteiger charge is 2.33. The lowest BCUT2D eigenvalue weighted by Gasteiger charge is -2.44. The SMILES string of the molecule is CC1(O)CCN(C(C)(C)CN)CC1. The van der Waals surface area contributed by atoms with Crippen LogP contribution in [-0.4, -0.2) is 40.8 Å². The molecule has 3 nitrogen and oxygen atoms in total. The summed E-state index contributed by atoms with van der Waals surface area (Å²) in [6, 6.07) is 0. The Morgan fingerprint density at radius 2 is 1.85 bits per heavy atom. The number of hydrogen-bond donors (Lipinski definition) is 2. The molecular weight excluding hydrogens is 164 g/mol. The van der Waals surface area contributed by atoms with Crippen molar-refractivity contribution >= 4 is 0 Å². The number of rotatable bonds is 2. The van der Waals surface area contributed by atoms with E-state index in [4.69, 9.17) is 5.73 Å². The van der Waals surface area contributed by atoms with Gasteiger partial charge in [-0.25, -0.2) is 0 Å². The summed E-state index contributed by atoms with van der Waals surface area (Å²) in [4.78, 5) is 2.37. The van der Waals surface area contributed by atoms with Crippen LogP contribution in [0.3, 0.4) is 0 Å². The molecule has 0 radical (unpaired) electrons. The molecule has 0 aromatic heterocycles. The second-order valence-electron chi connectivity index (χ2n) is 5.00. The second-order valence-corrected chi connectivity index (χ2v) is 5.00. The molecule has 0 unspecified atom stereocenters. The van der Waals surface area contributed by atoms with Gasteiger partial charge in [0.25, 0.3) is 0 Å². The highest BCUT2D eigenvalue weighted by molar-refractivity contribution is 4.89. The Labute approximate surface area is 80.9 Å². The molecule has 1 saturated heterocycles. The average molecular weight is 186 g/mol. The van der Waals surface area contributed by atoms with Crippen LogP contribution >= 0.6 is 0 Å². The van der Waals surface area contributed by atoms with Crippen molar-refractivity contribution in [3.8, 4) is 0 Å². The molecule has 13 heavy (non-hydrogen) atoms. The molecule has 1 fully saturated rings. The first-order chi connectivity index (χ1) is 5.87. The zero-order valence-corrected chi connectivity index (χ0v) is 9.01. The Kier molecular flexibility index (Phi) is 3.00. The highest BCUT2D eigenvalue weighted by atomic mass is 16.3. The molecule has 78 valence electrons. The summed E-state index contributed by atoms with van der Waals surface area (Å²) >= 11 is 0. The summed E-state index contributed by atoms with van der Waals surface area (Å²) in [6.45, 7) is 8.82. The van der Waals surface area contributed by atoms with E-state index < -0.39 is 5.60 Å². The van der Waals surface area contributed by atoms with Gasteiger partial charge in [0.15, 0.2) is 0 Å². The third kappa shape index (κ3) is 2.66. The average Bonchev–Trinajstić information content (AvgIpc) is 2.04. The molecule has 1 rings (SSSR count). The van der Waals surface area contributed by atoms with Crippen molar-refractivity contribution in [2.24, 2.45) is 5.73 Å². The first-order valence-electron chi connectivity index (χ1n) is 5.05. The summed E-state index contributed by atoms with van der Waals surface area (Å²) < 4.78 is 0. The van der Waals surface area contributed by atoms with Crippen LogP contribution in [0.25, 0.3) is 0 Å². The molecule has 1 aliphatic heterocycles. The Balaban J connectivity index is 2.50. The van der Waals surface area contributed by atoms with Gasteiger partial charge >= 0.3 is 0 Å². The molecule has 3 N–H and O–H groups in total. The standard InChI is InChI=1S/C10H22N2O/c1-9(2,8-11)12-6-4-10(3,13)5-7-12/h13H,4-8,11H2,1-3H3. The minimum Gasteiger partial charge on any atom is -0.390 e. The maximum absolute atomic E-state index is 9.77. The van der Waals surface area contributed by atoms with Crippen LogP contribution in [0.4, 0.5) is 0 Å². The van der Waals surface area contributed by atoms with E-state index in [0.29, 0.717) is 6.54 Å². The fourth-order valence-electron chi connectivity index (χ4n) is 1.72. The van der Waals surface area contributed by atoms with E-state index in [1.165, 1.54) is 0 Å². The van der Waals surface area contributed by atoms with Gasteiger partial charge in [-0.1, -0.05) is 0 Å². The van der Waals surface area contributed by atoms with Gasteiger partial charge in [-0.15, -0.1) is 0 Å². The maximum Gasteiger partial charge on any atom is 0.0644 e. The quantitative estimate of drug-likeness (QED) is 0.663. The zero-order chi connectivity index (χ0) is 10.1. The molecule has 3 heteroatoms. The predicted molar refractivity (Wildman–Crippen MR) is 54.6 cm³/mol. The number of hydrogen-bond acceptors (Lipinski definition) is 3. The lowest BCUT2D eigenvalue weighted by molar-refractivity contribution is -0.0303. The fraction of sp³-hybridized carbons (Fsp3) is 1.00. The van der Waals surface area contributed by atoms with Gasteiger partial charge in [-0.2, -0.15) is 0 Å². The van der Waals surface area contributed by atoms with E-state index in [1.54, 1.807) is 0 Å². The van der Waals surface area contributed by atoms with Crippen LogP contribution in [-0.2, 0) is 0 Å². The molecule has 0 aliphatic carbocycles. The van der Waals surface area contributed by atoms with Gasteiger partial charge in [0.05, 0.1) is 5.60 Å². The number of nitrogens with zero attached hydrogens (tertiary/aromatic N) is 1. The molecule has 0 aromatic carbocycles. The molecule has 0 saturated carbocycles. The summed E-state index contributed by atoms with van der Waals surface area (Å²) in [7, 11) is 0. The number of nitrogens with two attached hydrogens (primary N) is 1. The van der Waals surface area contributed by atoms with Crippen molar-refractivity contribution in [2.45, 2.75) is 44.8 Å². The van der Waals surface area contributed by atoms with Crippen LogP contribution in [0, 0.1) is 0 Å². The third-order valence-electron chi connectivity index (χ3n) is 3.20. The largest absolute Gasteiger partial charge is 0.390 e. The van der Waals surface area contributed by atoms with Crippen molar-refractivity contribution < 1.29 is 5.11 Å². The van der Waals surface area contributed by atoms with Crippen molar-refractivity contribution in [1.82, 2.24) is 4.90 Å². The van der Waals surface area contributed by atoms with E-state index in [9.17, 15) is 5.11 Å². The molecular formula is C10H22N2O. The Hall–Kier alpha value is -0.120. The fourth-order valence-corrected chi connectivity index (χ4v) is 1.72. The van der Waals surface area contributed by atoms with Crippen molar-refractivity contribution in [3.63, 3.8) is 0 Å². The van der Waals surface area contributed by atoms with Gasteiger partial charge in [-0.05, 0) is 33.6 Å². The van der Waals surface area contributed by atoms with Gasteiger partial charge in [0.1, 0.15) is 0 Å². The van der Waals surface area contributed by atoms with E-state index in [2.05, 4.69) is 18.7 Å². The molecule has 0 bridgehead atoms. The molecule has 0 atom stereocenters. The van der Waals surface area contributed by atoms with Crippen LogP contribution in [0.15, 0.2) is 0 Å². The van der Waals surface area contributed by atoms with Crippen molar-refractivity contribution in [2.75, 3.05) is 19.6 Å². The molecule has 0 amide bonds. The maximum atomic E-state index is 9.77. The van der Waals surface area contributed by atoms with Crippen LogP contribution in [0.2, 0.25) is 0 Å². The summed E-state index contributed by atoms with van der Waals surface area (Å²) in [5, 5.41) is 9.77. The summed E-state index contributed by atoms with van der Waals surface area (Å²) in [5.41, 5.74) is 5.32. The molecule has 1 heterocycles. The topological polar surface area (TPSA) is 49.5 Å². The van der Waals surface area contributed by atoms with Crippen LogP contribution in [0.5, 0.6) is 0 Å². The summed E-state index contributed by atoms with van der Waals surface area (Å²) in [6.07, 6.45) is 1.72. The Morgan fingerprint density at radius 1 is 1.38 bits per heavy atom. The first kappa shape index (κ1) is 11.0. The van der Waals surface area contributed by atoms with Crippen molar-refractivity contribution in [3.05, 3.63) is 0 Å². The van der Waals surface area contributed by atoms with Gasteiger partial charge in [0, 0.05) is 25.2 Å². The first-order valence-corrected chi connectivity index (χ1v) is 5.05. The van der Waals surface area contributed by atoms with Gasteiger partial charge in [0.2, 0.25) is 0 Å². The summed E-state index contributed by atoms with van der Waals surface area (Å²) in [5.74, 6) is 0. The monoisotopic (exact) mass is 186 g/mol. The lowest BCUT2D eigenvalue weighted by Crippen LogP contribution is -2.55. The third-order valence-corrected chi connectivity index (χ3v) is 3.20. The normalized spacial score (nSPS) is 24.7. The van der Waals surface area contributed by atoms with E-state index in [0.717, 1.165) is 25.9 Å². The Morgan fingerprint density at radius 3 is 2.23 bits per heavy atom. The number of likely N-dealkylation sites (tertiary alicyclic amines) is 1. The van der Waals surface area contributed by atoms with Gasteiger partial charge in [-0.3, -0.25) is 4.90 Å². The van der Waals surface area contributed by atoms with E-state index in [1.807, 2.05) is 6.92 Å². The number of aliphatic hydroxyl groups is 1. The molecule has 1 aliphatic rings. The van der Waals surface area contributed by atoms with E-state index >= 15 is 0 Å². The molecule has 0 aromatic rings.